The van der Waals surface area contributed by atoms with Crippen molar-refractivity contribution < 1.29 is 0 Å². The Bertz CT molecular complexity index is 831. The molecule has 1 aliphatic rings. The Balaban J connectivity index is 0.000000152. The quantitative estimate of drug-likeness (QED) is 0.457. The van der Waals surface area contributed by atoms with Gasteiger partial charge in [-0.3, -0.25) is 0 Å². The van der Waals surface area contributed by atoms with Crippen LogP contribution in [0.2, 0.25) is 0 Å². The fraction of sp³-hybridized carbons (Fsp3) is 0.231. The van der Waals surface area contributed by atoms with E-state index < -0.39 is 0 Å². The third kappa shape index (κ3) is 5.20. The zero-order valence-electron chi connectivity index (χ0n) is 15.5. The standard InChI is InChI=1S/C14H18.C12H10/c1-3-7-13(8-4-1)11-12-14-9-5-2-6-10-14;1-2-10-7-5-8-11-6-3-4-9-12(10)11/h1,3-4,7-8,11-12,14H,2,5-6,9-10H2;2-9H,1H2. The average molecular weight is 341 g/mol. The van der Waals surface area contributed by atoms with Crippen molar-refractivity contribution in [1.29, 1.82) is 0 Å². The molecule has 0 unspecified atom stereocenters. The highest BCUT2D eigenvalue weighted by Crippen LogP contribution is 2.25. The maximum atomic E-state index is 3.78. The summed E-state index contributed by atoms with van der Waals surface area (Å²) in [5.41, 5.74) is 2.53. The molecule has 1 aliphatic carbocycles. The molecular formula is C26H28. The van der Waals surface area contributed by atoms with Crippen molar-refractivity contribution in [3.63, 3.8) is 0 Å². The minimum absolute atomic E-state index is 0.837. The van der Waals surface area contributed by atoms with Gasteiger partial charge < -0.3 is 0 Å². The van der Waals surface area contributed by atoms with E-state index in [1.165, 1.54) is 54.0 Å². The molecule has 0 atom stereocenters. The molecule has 0 spiro atoms. The van der Waals surface area contributed by atoms with Crippen molar-refractivity contribution in [3.8, 4) is 0 Å². The van der Waals surface area contributed by atoms with Crippen LogP contribution in [-0.2, 0) is 0 Å². The Morgan fingerprint density at radius 3 is 2.19 bits per heavy atom. The van der Waals surface area contributed by atoms with Gasteiger partial charge in [-0.25, -0.2) is 0 Å². The van der Waals surface area contributed by atoms with Crippen molar-refractivity contribution in [2.24, 2.45) is 5.92 Å². The van der Waals surface area contributed by atoms with Gasteiger partial charge in [0.2, 0.25) is 0 Å². The minimum Gasteiger partial charge on any atom is -0.0984 e. The van der Waals surface area contributed by atoms with E-state index in [0.29, 0.717) is 0 Å². The van der Waals surface area contributed by atoms with Gasteiger partial charge in [0.15, 0.2) is 0 Å². The van der Waals surface area contributed by atoms with Crippen LogP contribution in [0.15, 0.2) is 85.5 Å². The van der Waals surface area contributed by atoms with Crippen LogP contribution in [-0.4, -0.2) is 0 Å². The summed E-state index contributed by atoms with van der Waals surface area (Å²) in [6.45, 7) is 3.78. The van der Waals surface area contributed by atoms with E-state index >= 15 is 0 Å². The van der Waals surface area contributed by atoms with Crippen LogP contribution in [0.25, 0.3) is 22.9 Å². The van der Waals surface area contributed by atoms with E-state index in [9.17, 15) is 0 Å². The molecule has 0 heterocycles. The summed E-state index contributed by atoms with van der Waals surface area (Å²) >= 11 is 0. The van der Waals surface area contributed by atoms with Gasteiger partial charge in [-0.1, -0.05) is 117 Å². The molecule has 1 fully saturated rings. The van der Waals surface area contributed by atoms with Crippen LogP contribution in [0.1, 0.15) is 43.2 Å². The highest BCUT2D eigenvalue weighted by molar-refractivity contribution is 5.90. The predicted octanol–water partition coefficient (Wildman–Crippen LogP) is 7.76. The molecule has 3 aromatic carbocycles. The summed E-state index contributed by atoms with van der Waals surface area (Å²) in [5, 5.41) is 2.55. The third-order valence-corrected chi connectivity index (χ3v) is 5.05. The summed E-state index contributed by atoms with van der Waals surface area (Å²) in [5.74, 6) is 0.837. The van der Waals surface area contributed by atoms with Gasteiger partial charge in [-0.05, 0) is 40.7 Å². The van der Waals surface area contributed by atoms with Crippen molar-refractivity contribution in [3.05, 3.63) is 96.6 Å². The molecule has 26 heavy (non-hydrogen) atoms. The molecule has 0 aliphatic heterocycles. The second-order valence-corrected chi connectivity index (χ2v) is 6.94. The van der Waals surface area contributed by atoms with Crippen molar-refractivity contribution in [1.82, 2.24) is 0 Å². The molecule has 0 bridgehead atoms. The van der Waals surface area contributed by atoms with Gasteiger partial charge in [-0.2, -0.15) is 0 Å². The molecule has 3 aromatic rings. The number of rotatable bonds is 3. The number of allylic oxidation sites excluding steroid dienone is 1. The van der Waals surface area contributed by atoms with Crippen molar-refractivity contribution in [2.75, 3.05) is 0 Å². The lowest BCUT2D eigenvalue weighted by atomic mass is 9.89. The lowest BCUT2D eigenvalue weighted by molar-refractivity contribution is 0.420. The summed E-state index contributed by atoms with van der Waals surface area (Å²) in [6, 6.07) is 25.2. The van der Waals surface area contributed by atoms with Crippen molar-refractivity contribution in [2.45, 2.75) is 32.1 Å². The smallest absolute Gasteiger partial charge is 0.0112 e. The highest BCUT2D eigenvalue weighted by Gasteiger charge is 2.09. The monoisotopic (exact) mass is 340 g/mol. The Kier molecular flexibility index (Phi) is 6.84. The van der Waals surface area contributed by atoms with E-state index in [-0.39, 0.29) is 0 Å². The minimum atomic E-state index is 0.837. The van der Waals surface area contributed by atoms with E-state index in [4.69, 9.17) is 0 Å². The molecule has 1 saturated carbocycles. The van der Waals surface area contributed by atoms with Crippen LogP contribution in [0.3, 0.4) is 0 Å². The summed E-state index contributed by atoms with van der Waals surface area (Å²) in [7, 11) is 0. The van der Waals surface area contributed by atoms with Crippen LogP contribution >= 0.6 is 0 Å². The Morgan fingerprint density at radius 2 is 1.42 bits per heavy atom. The third-order valence-electron chi connectivity index (χ3n) is 5.05. The van der Waals surface area contributed by atoms with E-state index in [1.807, 2.05) is 6.08 Å². The van der Waals surface area contributed by atoms with Crippen LogP contribution < -0.4 is 0 Å². The van der Waals surface area contributed by atoms with E-state index in [0.717, 1.165) is 5.92 Å². The topological polar surface area (TPSA) is 0 Å². The van der Waals surface area contributed by atoms with Crippen molar-refractivity contribution >= 4 is 22.9 Å². The first-order valence-corrected chi connectivity index (χ1v) is 9.70. The maximum Gasteiger partial charge on any atom is -0.0112 e. The molecule has 4 rings (SSSR count). The molecule has 0 amide bonds. The second kappa shape index (κ2) is 9.77. The summed E-state index contributed by atoms with van der Waals surface area (Å²) in [4.78, 5) is 0. The number of hydrogen-bond donors (Lipinski definition) is 0. The molecule has 0 aromatic heterocycles. The zero-order chi connectivity index (χ0) is 18.0. The summed E-state index contributed by atoms with van der Waals surface area (Å²) in [6.07, 6.45) is 13.6. The van der Waals surface area contributed by atoms with Gasteiger partial charge in [0.1, 0.15) is 0 Å². The largest absolute Gasteiger partial charge is 0.0984 e. The highest BCUT2D eigenvalue weighted by atomic mass is 14.1. The molecule has 0 radical (unpaired) electrons. The second-order valence-electron chi connectivity index (χ2n) is 6.94. The Labute approximate surface area is 157 Å². The van der Waals surface area contributed by atoms with Gasteiger partial charge in [-0.15, -0.1) is 0 Å². The van der Waals surface area contributed by atoms with E-state index in [2.05, 4.69) is 91.5 Å². The van der Waals surface area contributed by atoms with Gasteiger partial charge >= 0.3 is 0 Å². The maximum absolute atomic E-state index is 3.78. The molecule has 132 valence electrons. The van der Waals surface area contributed by atoms with Gasteiger partial charge in [0.05, 0.1) is 0 Å². The SMILES string of the molecule is C(=CC1CCCCC1)c1ccccc1.C=Cc1cccc2ccccc12. The normalized spacial score (nSPS) is 14.8. The van der Waals surface area contributed by atoms with Crippen LogP contribution in [0, 0.1) is 5.92 Å². The van der Waals surface area contributed by atoms with Gasteiger partial charge in [0, 0.05) is 0 Å². The first-order valence-electron chi connectivity index (χ1n) is 9.70. The number of hydrogen-bond acceptors (Lipinski definition) is 0. The first-order chi connectivity index (χ1) is 12.9. The molecule has 0 saturated heterocycles. The predicted molar refractivity (Wildman–Crippen MR) is 116 cm³/mol. The zero-order valence-corrected chi connectivity index (χ0v) is 15.5. The number of benzene rings is 3. The lowest BCUT2D eigenvalue weighted by Crippen LogP contribution is -2.02. The average Bonchev–Trinajstić information content (AvgIpc) is 2.74. The number of fused-ring (bicyclic) bond motifs is 1. The fourth-order valence-electron chi connectivity index (χ4n) is 3.57. The molecular weight excluding hydrogens is 312 g/mol. The molecule has 0 N–H and O–H groups in total. The van der Waals surface area contributed by atoms with E-state index in [1.54, 1.807) is 0 Å². The fourth-order valence-corrected chi connectivity index (χ4v) is 3.57. The molecule has 0 nitrogen and oxygen atoms in total. The first kappa shape index (κ1) is 18.2. The van der Waals surface area contributed by atoms with Gasteiger partial charge in [0.25, 0.3) is 0 Å². The summed E-state index contributed by atoms with van der Waals surface area (Å²) < 4.78 is 0. The molecule has 0 heteroatoms. The Morgan fingerprint density at radius 1 is 0.731 bits per heavy atom. The Hall–Kier alpha value is -2.60. The van der Waals surface area contributed by atoms with Crippen LogP contribution in [0.4, 0.5) is 0 Å². The van der Waals surface area contributed by atoms with Crippen LogP contribution in [0.5, 0.6) is 0 Å². The lowest BCUT2D eigenvalue weighted by Gasteiger charge is -2.17.